The predicted molar refractivity (Wildman–Crippen MR) is 82.3 cm³/mol. The summed E-state index contributed by atoms with van der Waals surface area (Å²) in [6, 6.07) is 12.6. The van der Waals surface area contributed by atoms with Crippen LogP contribution in [0.1, 0.15) is 37.7 Å². The number of rotatable bonds is 4. The molecule has 3 nitrogen and oxygen atoms in total. The van der Waals surface area contributed by atoms with E-state index in [4.69, 9.17) is 0 Å². The summed E-state index contributed by atoms with van der Waals surface area (Å²) in [5, 5.41) is 13.0. The van der Waals surface area contributed by atoms with Gasteiger partial charge in [0, 0.05) is 6.54 Å². The van der Waals surface area contributed by atoms with E-state index in [1.165, 1.54) is 32.1 Å². The molecule has 1 aliphatic heterocycles. The fraction of sp³-hybridized carbons (Fsp3) is 0.588. The summed E-state index contributed by atoms with van der Waals surface area (Å²) >= 11 is 0. The molecule has 1 N–H and O–H groups in total. The zero-order chi connectivity index (χ0) is 14.3. The summed E-state index contributed by atoms with van der Waals surface area (Å²) < 4.78 is 0. The van der Waals surface area contributed by atoms with Crippen molar-refractivity contribution >= 4 is 0 Å². The Morgan fingerprint density at radius 2 is 1.70 bits per heavy atom. The minimum atomic E-state index is -0.597. The Bertz CT molecular complexity index is 429. The molecule has 0 aliphatic carbocycles. The van der Waals surface area contributed by atoms with Crippen molar-refractivity contribution < 1.29 is 0 Å². The van der Waals surface area contributed by atoms with Crippen LogP contribution in [0.5, 0.6) is 0 Å². The Morgan fingerprint density at radius 3 is 2.25 bits per heavy atom. The third kappa shape index (κ3) is 3.59. The lowest BCUT2D eigenvalue weighted by Crippen LogP contribution is -2.49. The second-order valence-corrected chi connectivity index (χ2v) is 5.68. The van der Waals surface area contributed by atoms with Gasteiger partial charge >= 0.3 is 0 Å². The van der Waals surface area contributed by atoms with E-state index < -0.39 is 5.54 Å². The van der Waals surface area contributed by atoms with Crippen molar-refractivity contribution in [3.63, 3.8) is 0 Å². The lowest BCUT2D eigenvalue weighted by atomic mass is 9.90. The summed E-state index contributed by atoms with van der Waals surface area (Å²) in [6.07, 6.45) is 6.50. The van der Waals surface area contributed by atoms with Gasteiger partial charge in [-0.2, -0.15) is 5.26 Å². The molecule has 1 saturated heterocycles. The fourth-order valence-electron chi connectivity index (χ4n) is 3.00. The Hall–Kier alpha value is -1.37. The first-order chi connectivity index (χ1) is 9.80. The van der Waals surface area contributed by atoms with Crippen LogP contribution in [0, 0.1) is 11.3 Å². The van der Waals surface area contributed by atoms with Crippen molar-refractivity contribution in [2.45, 2.75) is 37.6 Å². The molecule has 0 spiro atoms. The second-order valence-electron chi connectivity index (χ2n) is 5.68. The van der Waals surface area contributed by atoms with Crippen molar-refractivity contribution in [3.8, 4) is 6.07 Å². The van der Waals surface area contributed by atoms with Crippen molar-refractivity contribution in [1.82, 2.24) is 10.2 Å². The van der Waals surface area contributed by atoms with Crippen molar-refractivity contribution in [3.05, 3.63) is 35.9 Å². The maximum atomic E-state index is 9.75. The molecule has 0 amide bonds. The van der Waals surface area contributed by atoms with Crippen molar-refractivity contribution in [2.24, 2.45) is 0 Å². The summed E-state index contributed by atoms with van der Waals surface area (Å²) in [7, 11) is 1.89. The Morgan fingerprint density at radius 1 is 1.10 bits per heavy atom. The molecule has 1 unspecified atom stereocenters. The van der Waals surface area contributed by atoms with Crippen molar-refractivity contribution in [2.75, 3.05) is 26.7 Å². The highest BCUT2D eigenvalue weighted by Crippen LogP contribution is 2.23. The number of likely N-dealkylation sites (tertiary alicyclic amines) is 1. The highest BCUT2D eigenvalue weighted by Gasteiger charge is 2.32. The molecule has 2 rings (SSSR count). The number of nitriles is 1. The van der Waals surface area contributed by atoms with Crippen LogP contribution >= 0.6 is 0 Å². The normalized spacial score (nSPS) is 20.4. The number of hydrogen-bond acceptors (Lipinski definition) is 3. The topological polar surface area (TPSA) is 39.1 Å². The van der Waals surface area contributed by atoms with Gasteiger partial charge in [-0.15, -0.1) is 0 Å². The molecule has 0 radical (unpaired) electrons. The maximum absolute atomic E-state index is 9.75. The van der Waals surface area contributed by atoms with E-state index in [1.807, 2.05) is 37.4 Å². The first-order valence-corrected chi connectivity index (χ1v) is 7.69. The standard InChI is InChI=1S/C17H25N3/c1-19-17(14-18,16-10-6-5-7-11-16)15-20-12-8-3-2-4-9-13-20/h5-7,10-11,19H,2-4,8-9,12-13,15H2,1H3. The van der Waals surface area contributed by atoms with E-state index in [-0.39, 0.29) is 0 Å². The number of nitrogens with one attached hydrogen (secondary N) is 1. The highest BCUT2D eigenvalue weighted by atomic mass is 15.2. The van der Waals surface area contributed by atoms with Crippen LogP contribution < -0.4 is 5.32 Å². The van der Waals surface area contributed by atoms with E-state index in [9.17, 15) is 5.26 Å². The summed E-state index contributed by atoms with van der Waals surface area (Å²) in [4.78, 5) is 2.45. The first kappa shape index (κ1) is 15.0. The molecule has 1 atom stereocenters. The van der Waals surface area contributed by atoms with Gasteiger partial charge in [0.05, 0.1) is 6.07 Å². The van der Waals surface area contributed by atoms with Gasteiger partial charge in [-0.1, -0.05) is 49.6 Å². The minimum absolute atomic E-state index is 0.597. The van der Waals surface area contributed by atoms with Gasteiger partial charge in [-0.3, -0.25) is 5.32 Å². The summed E-state index contributed by atoms with van der Waals surface area (Å²) in [6.45, 7) is 2.99. The maximum Gasteiger partial charge on any atom is 0.144 e. The number of hydrogen-bond donors (Lipinski definition) is 1. The fourth-order valence-corrected chi connectivity index (χ4v) is 3.00. The highest BCUT2D eigenvalue weighted by molar-refractivity contribution is 5.31. The molecule has 1 aliphatic rings. The third-order valence-electron chi connectivity index (χ3n) is 4.29. The van der Waals surface area contributed by atoms with Crippen LogP contribution in [-0.2, 0) is 5.54 Å². The van der Waals surface area contributed by atoms with Gasteiger partial charge < -0.3 is 4.90 Å². The average Bonchev–Trinajstić information content (AvgIpc) is 2.48. The molecule has 3 heteroatoms. The lowest BCUT2D eigenvalue weighted by molar-refractivity contribution is 0.200. The van der Waals surface area contributed by atoms with E-state index in [0.717, 1.165) is 25.2 Å². The van der Waals surface area contributed by atoms with E-state index in [0.29, 0.717) is 0 Å². The quantitative estimate of drug-likeness (QED) is 0.915. The van der Waals surface area contributed by atoms with Gasteiger partial charge in [0.1, 0.15) is 5.54 Å². The lowest BCUT2D eigenvalue weighted by Gasteiger charge is -2.34. The second kappa shape index (κ2) is 7.42. The van der Waals surface area contributed by atoms with Crippen LogP contribution in [-0.4, -0.2) is 31.6 Å². The smallest absolute Gasteiger partial charge is 0.144 e. The molecule has 0 bridgehead atoms. The van der Waals surface area contributed by atoms with E-state index >= 15 is 0 Å². The van der Waals surface area contributed by atoms with Crippen LogP contribution in [0.2, 0.25) is 0 Å². The minimum Gasteiger partial charge on any atom is -0.300 e. The Kier molecular flexibility index (Phi) is 5.58. The largest absolute Gasteiger partial charge is 0.300 e. The molecule has 20 heavy (non-hydrogen) atoms. The number of benzene rings is 1. The van der Waals surface area contributed by atoms with E-state index in [1.54, 1.807) is 0 Å². The molecule has 1 aromatic rings. The van der Waals surface area contributed by atoms with Crippen LogP contribution in [0.4, 0.5) is 0 Å². The molecular formula is C17H25N3. The molecule has 0 saturated carbocycles. The summed E-state index contributed by atoms with van der Waals surface area (Å²) in [5.41, 5.74) is 0.465. The Labute approximate surface area is 122 Å². The molecule has 108 valence electrons. The predicted octanol–water partition coefficient (Wildman–Crippen LogP) is 2.89. The molecule has 1 heterocycles. The average molecular weight is 271 g/mol. The zero-order valence-electron chi connectivity index (χ0n) is 12.4. The number of nitrogens with zero attached hydrogens (tertiary/aromatic N) is 2. The third-order valence-corrected chi connectivity index (χ3v) is 4.29. The Balaban J connectivity index is 2.14. The SMILES string of the molecule is CNC(C#N)(CN1CCCCCCC1)c1ccccc1. The van der Waals surface area contributed by atoms with Gasteiger partial charge in [-0.25, -0.2) is 0 Å². The molecular weight excluding hydrogens is 246 g/mol. The van der Waals surface area contributed by atoms with Crippen LogP contribution in [0.15, 0.2) is 30.3 Å². The number of likely N-dealkylation sites (N-methyl/N-ethyl adjacent to an activating group) is 1. The molecule has 1 aromatic carbocycles. The van der Waals surface area contributed by atoms with Crippen LogP contribution in [0.25, 0.3) is 0 Å². The van der Waals surface area contributed by atoms with Gasteiger partial charge in [0.15, 0.2) is 0 Å². The monoisotopic (exact) mass is 271 g/mol. The van der Waals surface area contributed by atoms with Gasteiger partial charge in [-0.05, 0) is 38.5 Å². The van der Waals surface area contributed by atoms with Crippen LogP contribution in [0.3, 0.4) is 0 Å². The summed E-state index contributed by atoms with van der Waals surface area (Å²) in [5.74, 6) is 0. The van der Waals surface area contributed by atoms with E-state index in [2.05, 4.69) is 16.3 Å². The van der Waals surface area contributed by atoms with Gasteiger partial charge in [0.2, 0.25) is 0 Å². The molecule has 0 aromatic heterocycles. The first-order valence-electron chi connectivity index (χ1n) is 7.69. The molecule has 1 fully saturated rings. The van der Waals surface area contributed by atoms with Gasteiger partial charge in [0.25, 0.3) is 0 Å². The zero-order valence-corrected chi connectivity index (χ0v) is 12.4. The van der Waals surface area contributed by atoms with Crippen molar-refractivity contribution in [1.29, 1.82) is 5.26 Å².